The highest BCUT2D eigenvalue weighted by molar-refractivity contribution is 14.0. The van der Waals surface area contributed by atoms with E-state index >= 15 is 0 Å². The molecule has 8 heteroatoms. The number of hydrogen-bond donors (Lipinski definition) is 3. The van der Waals surface area contributed by atoms with E-state index in [0.717, 1.165) is 19.4 Å². The number of hydrogen-bond acceptors (Lipinski definition) is 3. The minimum Gasteiger partial charge on any atom is -0.361 e. The third-order valence-corrected chi connectivity index (χ3v) is 7.38. The lowest BCUT2D eigenvalue weighted by Gasteiger charge is -2.19. The van der Waals surface area contributed by atoms with Gasteiger partial charge in [-0.25, -0.2) is 8.42 Å². The van der Waals surface area contributed by atoms with Crippen LogP contribution in [0.3, 0.4) is 0 Å². The van der Waals surface area contributed by atoms with Gasteiger partial charge in [0.15, 0.2) is 15.8 Å². The molecule has 2 aromatic rings. The fourth-order valence-electron chi connectivity index (χ4n) is 2.92. The summed E-state index contributed by atoms with van der Waals surface area (Å²) >= 11 is 0. The lowest BCUT2D eigenvalue weighted by molar-refractivity contribution is 0.559. The maximum Gasteiger partial charge on any atom is 0.191 e. The van der Waals surface area contributed by atoms with Crippen LogP contribution in [0.15, 0.2) is 29.4 Å². The number of nitrogens with one attached hydrogen (secondary N) is 3. The summed E-state index contributed by atoms with van der Waals surface area (Å²) in [6.07, 6.45) is 3.93. The molecule has 0 bridgehead atoms. The van der Waals surface area contributed by atoms with Crippen LogP contribution in [0.5, 0.6) is 0 Å². The molecule has 6 nitrogen and oxygen atoms in total. The molecule has 3 N–H and O–H groups in total. The molecule has 1 heterocycles. The number of guanidine groups is 1. The molecule has 0 aliphatic rings. The normalized spacial score (nSPS) is 12.7. The highest BCUT2D eigenvalue weighted by Crippen LogP contribution is 2.22. The Labute approximate surface area is 185 Å². The van der Waals surface area contributed by atoms with Crippen LogP contribution in [0.1, 0.15) is 38.8 Å². The molecule has 0 radical (unpaired) electrons. The molecule has 0 spiro atoms. The molecule has 2 rings (SSSR count). The molecule has 0 saturated carbocycles. The van der Waals surface area contributed by atoms with Crippen LogP contribution in [-0.4, -0.2) is 50.0 Å². The van der Waals surface area contributed by atoms with Crippen molar-refractivity contribution < 1.29 is 8.42 Å². The zero-order valence-corrected chi connectivity index (χ0v) is 20.6. The first kappa shape index (κ1) is 24.7. The van der Waals surface area contributed by atoms with Crippen LogP contribution in [-0.2, 0) is 22.7 Å². The third-order valence-electron chi connectivity index (χ3n) is 4.77. The van der Waals surface area contributed by atoms with Crippen molar-refractivity contribution >= 4 is 50.7 Å². The van der Waals surface area contributed by atoms with E-state index in [1.165, 1.54) is 22.0 Å². The number of aliphatic imine (C=N–C) groups is 1. The summed E-state index contributed by atoms with van der Waals surface area (Å²) in [5.41, 5.74) is 3.80. The number of aromatic nitrogens is 1. The minimum absolute atomic E-state index is 0. The lowest BCUT2D eigenvalue weighted by Crippen LogP contribution is -2.42. The first-order valence-electron chi connectivity index (χ1n) is 9.44. The zero-order valence-electron chi connectivity index (χ0n) is 17.4. The first-order valence-corrected chi connectivity index (χ1v) is 11.1. The number of nitrogens with zero attached hydrogens (tertiary/aromatic N) is 1. The number of halogens is 1. The summed E-state index contributed by atoms with van der Waals surface area (Å²) in [5, 5.41) is 7.60. The first-order chi connectivity index (χ1) is 12.7. The number of sulfone groups is 1. The van der Waals surface area contributed by atoms with E-state index in [2.05, 4.69) is 51.9 Å². The van der Waals surface area contributed by atoms with Gasteiger partial charge >= 0.3 is 0 Å². The van der Waals surface area contributed by atoms with Gasteiger partial charge in [-0.1, -0.05) is 25.1 Å². The van der Waals surface area contributed by atoms with E-state index in [-0.39, 0.29) is 29.7 Å². The predicted octanol–water partition coefficient (Wildman–Crippen LogP) is 3.27. The summed E-state index contributed by atoms with van der Waals surface area (Å²) in [6.45, 7) is 8.38. The number of rotatable bonds is 7. The molecule has 1 aromatic heterocycles. The zero-order chi connectivity index (χ0) is 20.1. The van der Waals surface area contributed by atoms with Gasteiger partial charge < -0.3 is 15.6 Å². The molecule has 0 aliphatic carbocycles. The van der Waals surface area contributed by atoms with E-state index < -0.39 is 14.6 Å². The standard InChI is InChI=1S/C20H32N4O2S.HI/c1-6-15-8-7-9-17-16(14-24-18(15)17)10-11-22-19(21-5)23-12-13-27(25,26)20(2,3)4;/h7-9,14,24H,6,10-13H2,1-5H3,(H2,21,22,23);1H. The minimum atomic E-state index is -3.14. The molecule has 158 valence electrons. The molecule has 0 unspecified atom stereocenters. The largest absolute Gasteiger partial charge is 0.361 e. The van der Waals surface area contributed by atoms with Gasteiger partial charge in [0.05, 0.1) is 10.5 Å². The Morgan fingerprint density at radius 2 is 1.82 bits per heavy atom. The van der Waals surface area contributed by atoms with Gasteiger partial charge in [-0.15, -0.1) is 24.0 Å². The number of para-hydroxylation sites is 1. The fourth-order valence-corrected chi connectivity index (χ4v) is 3.91. The third kappa shape index (κ3) is 6.10. The molecule has 0 amide bonds. The maximum atomic E-state index is 12.2. The molecule has 0 saturated heterocycles. The number of aryl methyl sites for hydroxylation is 1. The maximum absolute atomic E-state index is 12.2. The second-order valence-corrected chi connectivity index (χ2v) is 10.5. The van der Waals surface area contributed by atoms with E-state index in [9.17, 15) is 8.42 Å². The van der Waals surface area contributed by atoms with E-state index in [4.69, 9.17) is 0 Å². The van der Waals surface area contributed by atoms with Crippen molar-refractivity contribution in [1.82, 2.24) is 15.6 Å². The number of H-pyrrole nitrogens is 1. The van der Waals surface area contributed by atoms with Gasteiger partial charge in [-0.2, -0.15) is 0 Å². The van der Waals surface area contributed by atoms with Crippen molar-refractivity contribution in [1.29, 1.82) is 0 Å². The molecule has 0 fully saturated rings. The molecular weight excluding hydrogens is 487 g/mol. The average molecular weight is 520 g/mol. The summed E-state index contributed by atoms with van der Waals surface area (Å²) in [5.74, 6) is 0.701. The molecular formula is C20H33IN4O2S. The lowest BCUT2D eigenvalue weighted by atomic mass is 10.1. The Bertz CT molecular complexity index is 899. The average Bonchev–Trinajstić information content (AvgIpc) is 3.02. The van der Waals surface area contributed by atoms with E-state index in [1.807, 2.05) is 0 Å². The van der Waals surface area contributed by atoms with Gasteiger partial charge in [0.1, 0.15) is 0 Å². The van der Waals surface area contributed by atoms with E-state index in [1.54, 1.807) is 27.8 Å². The second kappa shape index (κ2) is 10.5. The Kier molecular flexibility index (Phi) is 9.26. The summed E-state index contributed by atoms with van der Waals surface area (Å²) in [6, 6.07) is 6.39. The van der Waals surface area contributed by atoms with Gasteiger partial charge in [0, 0.05) is 37.2 Å². The smallest absolute Gasteiger partial charge is 0.191 e. The van der Waals surface area contributed by atoms with Crippen LogP contribution in [0, 0.1) is 0 Å². The van der Waals surface area contributed by atoms with Crippen molar-refractivity contribution in [3.63, 3.8) is 0 Å². The Morgan fingerprint density at radius 3 is 2.43 bits per heavy atom. The topological polar surface area (TPSA) is 86.3 Å². The Morgan fingerprint density at radius 1 is 1.14 bits per heavy atom. The van der Waals surface area contributed by atoms with Crippen molar-refractivity contribution in [2.75, 3.05) is 25.9 Å². The van der Waals surface area contributed by atoms with Crippen molar-refractivity contribution in [3.8, 4) is 0 Å². The highest BCUT2D eigenvalue weighted by atomic mass is 127. The second-order valence-electron chi connectivity index (χ2n) is 7.61. The monoisotopic (exact) mass is 520 g/mol. The number of fused-ring (bicyclic) bond motifs is 1. The highest BCUT2D eigenvalue weighted by Gasteiger charge is 2.28. The fraction of sp³-hybridized carbons (Fsp3) is 0.550. The van der Waals surface area contributed by atoms with Crippen LogP contribution in [0.4, 0.5) is 0 Å². The van der Waals surface area contributed by atoms with Crippen LogP contribution in [0.2, 0.25) is 0 Å². The Balaban J connectivity index is 0.00000392. The van der Waals surface area contributed by atoms with Gasteiger partial charge in [0.2, 0.25) is 0 Å². The van der Waals surface area contributed by atoms with Gasteiger partial charge in [-0.05, 0) is 44.7 Å². The predicted molar refractivity (Wildman–Crippen MR) is 130 cm³/mol. The summed E-state index contributed by atoms with van der Waals surface area (Å²) < 4.78 is 23.6. The summed E-state index contributed by atoms with van der Waals surface area (Å²) in [4.78, 5) is 7.55. The SMILES string of the molecule is CCc1cccc2c(CCNC(=NC)NCCS(=O)(=O)C(C)(C)C)c[nH]c12.I. The molecule has 28 heavy (non-hydrogen) atoms. The van der Waals surface area contributed by atoms with Crippen LogP contribution in [0.25, 0.3) is 10.9 Å². The van der Waals surface area contributed by atoms with Crippen molar-refractivity contribution in [2.45, 2.75) is 45.3 Å². The van der Waals surface area contributed by atoms with E-state index in [0.29, 0.717) is 12.5 Å². The van der Waals surface area contributed by atoms with Crippen LogP contribution >= 0.6 is 24.0 Å². The molecule has 1 aromatic carbocycles. The van der Waals surface area contributed by atoms with Crippen LogP contribution < -0.4 is 10.6 Å². The van der Waals surface area contributed by atoms with Crippen molar-refractivity contribution in [2.24, 2.45) is 4.99 Å². The molecule has 0 aliphatic heterocycles. The number of aromatic amines is 1. The molecule has 0 atom stereocenters. The quantitative estimate of drug-likeness (QED) is 0.297. The summed E-state index contributed by atoms with van der Waals surface area (Å²) in [7, 11) is -1.45. The van der Waals surface area contributed by atoms with Crippen molar-refractivity contribution in [3.05, 3.63) is 35.5 Å². The Hall–Kier alpha value is -1.29. The number of benzene rings is 1. The van der Waals surface area contributed by atoms with Gasteiger partial charge in [-0.3, -0.25) is 4.99 Å². The van der Waals surface area contributed by atoms with Gasteiger partial charge in [0.25, 0.3) is 0 Å².